The first-order valence-corrected chi connectivity index (χ1v) is 4.57. The highest BCUT2D eigenvalue weighted by molar-refractivity contribution is 5.53. The fraction of sp³-hybridized carbons (Fsp3) is 0.333. The van der Waals surface area contributed by atoms with Crippen LogP contribution in [0.25, 0.3) is 0 Å². The highest BCUT2D eigenvalue weighted by Gasteiger charge is 2.19. The van der Waals surface area contributed by atoms with Crippen LogP contribution in [-0.4, -0.2) is 0 Å². The van der Waals surface area contributed by atoms with Crippen molar-refractivity contribution in [2.45, 2.75) is 26.2 Å². The second-order valence-corrected chi connectivity index (χ2v) is 3.33. The van der Waals surface area contributed by atoms with Gasteiger partial charge in [-0.15, -0.1) is 6.58 Å². The van der Waals surface area contributed by atoms with E-state index in [1.54, 1.807) is 0 Å². The molecule has 0 amide bonds. The Bertz CT molecular complexity index is 381. The predicted octanol–water partition coefficient (Wildman–Crippen LogP) is 3.02. The van der Waals surface area contributed by atoms with Crippen LogP contribution in [0.4, 0.5) is 0 Å². The number of hydrogen-bond acceptors (Lipinski definition) is 2. The van der Waals surface area contributed by atoms with Crippen molar-refractivity contribution in [2.75, 3.05) is 0 Å². The molecule has 0 unspecified atom stereocenters. The van der Waals surface area contributed by atoms with Gasteiger partial charge in [-0.2, -0.15) is 10.5 Å². The molecule has 0 aromatic heterocycles. The van der Waals surface area contributed by atoms with Crippen molar-refractivity contribution in [1.29, 1.82) is 10.5 Å². The summed E-state index contributed by atoms with van der Waals surface area (Å²) in [6.45, 7) is 5.74. The van der Waals surface area contributed by atoms with Gasteiger partial charge in [-0.25, -0.2) is 0 Å². The Balaban J connectivity index is 3.18. The van der Waals surface area contributed by atoms with Gasteiger partial charge >= 0.3 is 0 Å². The van der Waals surface area contributed by atoms with Crippen molar-refractivity contribution in [3.63, 3.8) is 0 Å². The average Bonchev–Trinajstić information content (AvgIpc) is 2.53. The zero-order valence-electron chi connectivity index (χ0n) is 8.30. The monoisotopic (exact) mass is 184 g/mol. The van der Waals surface area contributed by atoms with Gasteiger partial charge in [0, 0.05) is 0 Å². The molecule has 0 bridgehead atoms. The normalized spacial score (nSPS) is 14.9. The quantitative estimate of drug-likeness (QED) is 0.489. The maximum absolute atomic E-state index is 8.78. The van der Waals surface area contributed by atoms with Gasteiger partial charge in [0.15, 0.2) is 0 Å². The van der Waals surface area contributed by atoms with Gasteiger partial charge in [-0.05, 0) is 37.3 Å². The summed E-state index contributed by atoms with van der Waals surface area (Å²) in [5, 5.41) is 17.6. The van der Waals surface area contributed by atoms with Crippen molar-refractivity contribution in [2.24, 2.45) is 0 Å². The van der Waals surface area contributed by atoms with E-state index in [0.29, 0.717) is 0 Å². The summed E-state index contributed by atoms with van der Waals surface area (Å²) in [6, 6.07) is 3.91. The van der Waals surface area contributed by atoms with Gasteiger partial charge in [0.1, 0.15) is 17.7 Å². The number of allylic oxidation sites excluding steroid dienone is 5. The summed E-state index contributed by atoms with van der Waals surface area (Å²) in [5.41, 5.74) is 3.60. The van der Waals surface area contributed by atoms with E-state index in [0.717, 1.165) is 30.4 Å². The molecule has 2 heteroatoms. The van der Waals surface area contributed by atoms with Gasteiger partial charge in [-0.3, -0.25) is 0 Å². The molecular weight excluding hydrogens is 172 g/mol. The molecular formula is C12H12N2. The Morgan fingerprint density at radius 3 is 2.57 bits per heavy atom. The molecule has 1 aliphatic carbocycles. The van der Waals surface area contributed by atoms with Crippen molar-refractivity contribution in [1.82, 2.24) is 0 Å². The van der Waals surface area contributed by atoms with Gasteiger partial charge < -0.3 is 0 Å². The Labute approximate surface area is 84.5 Å². The summed E-state index contributed by atoms with van der Waals surface area (Å²) >= 11 is 0. The van der Waals surface area contributed by atoms with Crippen LogP contribution in [0.2, 0.25) is 0 Å². The van der Waals surface area contributed by atoms with E-state index in [1.165, 1.54) is 5.57 Å². The van der Waals surface area contributed by atoms with E-state index in [2.05, 4.69) is 13.5 Å². The fourth-order valence-electron chi connectivity index (χ4n) is 1.75. The summed E-state index contributed by atoms with van der Waals surface area (Å²) in [6.07, 6.45) is 4.36. The highest BCUT2D eigenvalue weighted by atomic mass is 14.3. The molecule has 70 valence electrons. The van der Waals surface area contributed by atoms with E-state index in [-0.39, 0.29) is 5.57 Å². The molecule has 0 radical (unpaired) electrons. The second kappa shape index (κ2) is 4.44. The first-order chi connectivity index (χ1) is 6.74. The smallest absolute Gasteiger partial charge is 0.133 e. The molecule has 0 atom stereocenters. The summed E-state index contributed by atoms with van der Waals surface area (Å²) < 4.78 is 0. The van der Waals surface area contributed by atoms with Gasteiger partial charge in [-0.1, -0.05) is 11.6 Å². The van der Waals surface area contributed by atoms with Crippen molar-refractivity contribution < 1.29 is 0 Å². The molecule has 0 heterocycles. The number of nitriles is 2. The van der Waals surface area contributed by atoms with Crippen LogP contribution < -0.4 is 0 Å². The Hall–Kier alpha value is -1.80. The lowest BCUT2D eigenvalue weighted by Gasteiger charge is -2.02. The number of nitrogens with zero attached hydrogens (tertiary/aromatic N) is 2. The van der Waals surface area contributed by atoms with Crippen LogP contribution in [0.5, 0.6) is 0 Å². The number of rotatable bonds is 2. The zero-order chi connectivity index (χ0) is 10.6. The molecule has 0 aromatic carbocycles. The molecule has 1 aliphatic rings. The Morgan fingerprint density at radius 1 is 1.43 bits per heavy atom. The molecule has 0 aliphatic heterocycles. The van der Waals surface area contributed by atoms with Gasteiger partial charge in [0.25, 0.3) is 0 Å². The Kier molecular flexibility index (Phi) is 3.26. The molecule has 1 rings (SSSR count). The van der Waals surface area contributed by atoms with Crippen LogP contribution in [-0.2, 0) is 0 Å². The highest BCUT2D eigenvalue weighted by Crippen LogP contribution is 2.35. The molecule has 0 spiro atoms. The van der Waals surface area contributed by atoms with E-state index in [9.17, 15) is 0 Å². The second-order valence-electron chi connectivity index (χ2n) is 3.33. The Morgan fingerprint density at radius 2 is 2.07 bits per heavy atom. The fourth-order valence-corrected chi connectivity index (χ4v) is 1.75. The minimum absolute atomic E-state index is 0.263. The third kappa shape index (κ3) is 1.75. The van der Waals surface area contributed by atoms with E-state index < -0.39 is 0 Å². The largest absolute Gasteiger partial charge is 0.192 e. The lowest BCUT2D eigenvalue weighted by molar-refractivity contribution is 1.00. The summed E-state index contributed by atoms with van der Waals surface area (Å²) in [7, 11) is 0. The predicted molar refractivity (Wildman–Crippen MR) is 55.0 cm³/mol. The minimum Gasteiger partial charge on any atom is -0.192 e. The lowest BCUT2D eigenvalue weighted by atomic mass is 10.00. The maximum Gasteiger partial charge on any atom is 0.133 e. The third-order valence-corrected chi connectivity index (χ3v) is 2.50. The number of hydrogen-bond donors (Lipinski definition) is 0. The minimum atomic E-state index is 0.263. The topological polar surface area (TPSA) is 47.6 Å². The lowest BCUT2D eigenvalue weighted by Crippen LogP contribution is -1.88. The van der Waals surface area contributed by atoms with Gasteiger partial charge in [0.2, 0.25) is 0 Å². The van der Waals surface area contributed by atoms with E-state index >= 15 is 0 Å². The molecule has 2 nitrogen and oxygen atoms in total. The van der Waals surface area contributed by atoms with E-state index in [1.807, 2.05) is 18.2 Å². The average molecular weight is 184 g/mol. The van der Waals surface area contributed by atoms with Crippen LogP contribution in [0.3, 0.4) is 0 Å². The standard InChI is InChI=1S/C12H12N2/c1-3-4-11-9(2)5-6-12(11)10(7-13)8-14/h3H,1,4-6H2,2H3. The third-order valence-electron chi connectivity index (χ3n) is 2.50. The maximum atomic E-state index is 8.78. The zero-order valence-corrected chi connectivity index (χ0v) is 8.30. The van der Waals surface area contributed by atoms with Crippen LogP contribution in [0, 0.1) is 22.7 Å². The van der Waals surface area contributed by atoms with Crippen LogP contribution in [0.1, 0.15) is 26.2 Å². The SMILES string of the molecule is C=CCC1=C(C)CCC1=C(C#N)C#N. The first-order valence-electron chi connectivity index (χ1n) is 4.57. The molecule has 0 saturated carbocycles. The first kappa shape index (κ1) is 10.3. The summed E-state index contributed by atoms with van der Waals surface area (Å²) in [5.74, 6) is 0. The van der Waals surface area contributed by atoms with Gasteiger partial charge in [0.05, 0.1) is 0 Å². The molecule has 0 fully saturated rings. The van der Waals surface area contributed by atoms with Crippen molar-refractivity contribution in [3.05, 3.63) is 34.9 Å². The molecule has 0 aromatic rings. The van der Waals surface area contributed by atoms with E-state index in [4.69, 9.17) is 10.5 Å². The summed E-state index contributed by atoms with van der Waals surface area (Å²) in [4.78, 5) is 0. The van der Waals surface area contributed by atoms with Crippen LogP contribution in [0.15, 0.2) is 34.9 Å². The molecule has 0 N–H and O–H groups in total. The molecule has 14 heavy (non-hydrogen) atoms. The van der Waals surface area contributed by atoms with Crippen molar-refractivity contribution >= 4 is 0 Å². The van der Waals surface area contributed by atoms with Crippen molar-refractivity contribution in [3.8, 4) is 12.1 Å². The van der Waals surface area contributed by atoms with Crippen LogP contribution >= 0.6 is 0 Å². The molecule has 0 saturated heterocycles.